The maximum atomic E-state index is 12.2. The molecule has 1 atom stereocenters. The molecule has 1 unspecified atom stereocenters. The van der Waals surface area contributed by atoms with E-state index in [2.05, 4.69) is 62.5 Å². The smallest absolute Gasteiger partial charge is 0.306 e. The molecule has 0 bridgehead atoms. The first kappa shape index (κ1) is 45.3. The number of carbonyl (C=O) groups excluding carboxylic acids is 1. The van der Waals surface area contributed by atoms with E-state index in [9.17, 15) is 9.90 Å². The van der Waals surface area contributed by atoms with Crippen LogP contribution in [0.15, 0.2) is 48.6 Å². The molecule has 274 valence electrons. The number of aliphatic hydroxyl groups is 1. The van der Waals surface area contributed by atoms with Crippen molar-refractivity contribution in [2.24, 2.45) is 0 Å². The number of hydrogen-bond donors (Lipinski definition) is 1. The summed E-state index contributed by atoms with van der Waals surface area (Å²) in [4.78, 5) is 12.2. The fraction of sp³-hybridized carbons (Fsp3) is 0.791. The highest BCUT2D eigenvalue weighted by Gasteiger charge is 2.13. The standard InChI is InChI=1S/C43H78O4/c1-3-5-7-9-11-13-15-17-19-21-22-23-24-26-28-30-32-34-36-38-43(45)47-42(40-44)41-46-39-37-35-33-31-29-27-25-20-18-16-14-12-10-8-6-4-2/h6,8,12,14,17-20,42,44H,3-5,7,9-11,13,15-16,21-41H2,1-2H3/b8-6-,14-12-,19-17-,20-18-. The monoisotopic (exact) mass is 659 g/mol. The first-order valence-corrected chi connectivity index (χ1v) is 20.2. The van der Waals surface area contributed by atoms with Crippen molar-refractivity contribution in [3.8, 4) is 0 Å². The predicted molar refractivity (Wildman–Crippen MR) is 205 cm³/mol. The van der Waals surface area contributed by atoms with Crippen molar-refractivity contribution in [2.45, 2.75) is 200 Å². The molecule has 47 heavy (non-hydrogen) atoms. The Hall–Kier alpha value is -1.65. The van der Waals surface area contributed by atoms with Gasteiger partial charge in [-0.15, -0.1) is 0 Å². The highest BCUT2D eigenvalue weighted by molar-refractivity contribution is 5.69. The average molecular weight is 659 g/mol. The molecule has 0 aliphatic heterocycles. The summed E-state index contributed by atoms with van der Waals surface area (Å²) in [6.45, 7) is 5.21. The molecule has 0 fully saturated rings. The van der Waals surface area contributed by atoms with Crippen molar-refractivity contribution < 1.29 is 19.4 Å². The number of aliphatic hydroxyl groups excluding tert-OH is 1. The van der Waals surface area contributed by atoms with Gasteiger partial charge in [-0.3, -0.25) is 4.79 Å². The number of rotatable bonds is 37. The van der Waals surface area contributed by atoms with Gasteiger partial charge in [-0.1, -0.05) is 165 Å². The molecule has 0 aromatic heterocycles. The minimum atomic E-state index is -0.542. The number of unbranched alkanes of at least 4 members (excludes halogenated alkanes) is 21. The summed E-state index contributed by atoms with van der Waals surface area (Å²) in [6, 6.07) is 0. The van der Waals surface area contributed by atoms with E-state index in [1.807, 2.05) is 0 Å². The van der Waals surface area contributed by atoms with Crippen LogP contribution in [0.1, 0.15) is 194 Å². The predicted octanol–water partition coefficient (Wildman–Crippen LogP) is 13.1. The van der Waals surface area contributed by atoms with Crippen LogP contribution in [0.25, 0.3) is 0 Å². The summed E-state index contributed by atoms with van der Waals surface area (Å²) in [6.07, 6.45) is 51.6. The third-order valence-corrected chi connectivity index (χ3v) is 8.64. The molecule has 4 heteroatoms. The van der Waals surface area contributed by atoms with Crippen molar-refractivity contribution in [2.75, 3.05) is 19.8 Å². The van der Waals surface area contributed by atoms with Gasteiger partial charge in [0.2, 0.25) is 0 Å². The van der Waals surface area contributed by atoms with Crippen LogP contribution in [0, 0.1) is 0 Å². The maximum absolute atomic E-state index is 12.2. The number of hydrogen-bond acceptors (Lipinski definition) is 4. The highest BCUT2D eigenvalue weighted by Crippen LogP contribution is 2.13. The molecule has 0 aromatic carbocycles. The SMILES string of the molecule is CC/C=C\C/C=C\C/C=C\CCCCCCCCOCC(CO)OC(=O)CCCCCCCCCCC/C=C\CCCCCCCC. The second-order valence-corrected chi connectivity index (χ2v) is 13.3. The quantitative estimate of drug-likeness (QED) is 0.0410. The number of esters is 1. The van der Waals surface area contributed by atoms with Crippen molar-refractivity contribution in [3.05, 3.63) is 48.6 Å². The molecule has 0 saturated carbocycles. The van der Waals surface area contributed by atoms with Crippen LogP contribution in [0.2, 0.25) is 0 Å². The van der Waals surface area contributed by atoms with Crippen LogP contribution in [-0.2, 0) is 14.3 Å². The van der Waals surface area contributed by atoms with E-state index >= 15 is 0 Å². The Balaban J connectivity index is 3.45. The van der Waals surface area contributed by atoms with Gasteiger partial charge in [-0.2, -0.15) is 0 Å². The van der Waals surface area contributed by atoms with Crippen LogP contribution in [0.5, 0.6) is 0 Å². The van der Waals surface area contributed by atoms with Crippen molar-refractivity contribution in [1.82, 2.24) is 0 Å². The molecular weight excluding hydrogens is 580 g/mol. The first-order valence-electron chi connectivity index (χ1n) is 20.2. The van der Waals surface area contributed by atoms with Crippen LogP contribution in [-0.4, -0.2) is 37.0 Å². The minimum absolute atomic E-state index is 0.178. The third-order valence-electron chi connectivity index (χ3n) is 8.64. The van der Waals surface area contributed by atoms with Gasteiger partial charge in [0.25, 0.3) is 0 Å². The zero-order valence-electron chi connectivity index (χ0n) is 31.3. The Labute approximate surface area is 292 Å². The summed E-state index contributed by atoms with van der Waals surface area (Å²) < 4.78 is 11.1. The zero-order valence-corrected chi connectivity index (χ0v) is 31.3. The highest BCUT2D eigenvalue weighted by atomic mass is 16.6. The number of allylic oxidation sites excluding steroid dienone is 8. The molecule has 0 spiro atoms. The number of carbonyl (C=O) groups is 1. The fourth-order valence-corrected chi connectivity index (χ4v) is 5.63. The van der Waals surface area contributed by atoms with Gasteiger partial charge in [-0.05, 0) is 70.6 Å². The zero-order chi connectivity index (χ0) is 34.1. The third kappa shape index (κ3) is 38.7. The molecule has 4 nitrogen and oxygen atoms in total. The van der Waals surface area contributed by atoms with E-state index in [-0.39, 0.29) is 19.2 Å². The Morgan fingerprint density at radius 1 is 0.532 bits per heavy atom. The second-order valence-electron chi connectivity index (χ2n) is 13.3. The van der Waals surface area contributed by atoms with E-state index in [1.165, 1.54) is 128 Å². The molecule has 0 aliphatic carbocycles. The summed E-state index contributed by atoms with van der Waals surface area (Å²) in [5.41, 5.74) is 0. The molecule has 0 heterocycles. The van der Waals surface area contributed by atoms with Gasteiger partial charge in [-0.25, -0.2) is 0 Å². The van der Waals surface area contributed by atoms with Gasteiger partial charge in [0, 0.05) is 13.0 Å². The van der Waals surface area contributed by atoms with Crippen LogP contribution in [0.4, 0.5) is 0 Å². The normalized spacial score (nSPS) is 12.8. The Kier molecular flexibility index (Phi) is 39.1. The molecule has 0 rings (SSSR count). The lowest BCUT2D eigenvalue weighted by Gasteiger charge is -2.15. The van der Waals surface area contributed by atoms with Gasteiger partial charge in [0.1, 0.15) is 6.10 Å². The van der Waals surface area contributed by atoms with Gasteiger partial charge in [0.15, 0.2) is 0 Å². The lowest BCUT2D eigenvalue weighted by atomic mass is 10.1. The summed E-state index contributed by atoms with van der Waals surface area (Å²) in [5, 5.41) is 9.58. The molecule has 1 N–H and O–H groups in total. The van der Waals surface area contributed by atoms with Crippen LogP contribution >= 0.6 is 0 Å². The Morgan fingerprint density at radius 2 is 0.957 bits per heavy atom. The Bertz CT molecular complexity index is 738. The van der Waals surface area contributed by atoms with Gasteiger partial charge < -0.3 is 14.6 Å². The molecule has 0 aliphatic rings. The Morgan fingerprint density at radius 3 is 1.47 bits per heavy atom. The molecular formula is C43H78O4. The van der Waals surface area contributed by atoms with E-state index in [1.54, 1.807) is 0 Å². The topological polar surface area (TPSA) is 55.8 Å². The average Bonchev–Trinajstić information content (AvgIpc) is 3.08. The van der Waals surface area contributed by atoms with E-state index in [0.29, 0.717) is 13.0 Å². The van der Waals surface area contributed by atoms with Gasteiger partial charge in [0.05, 0.1) is 13.2 Å². The van der Waals surface area contributed by atoms with Crippen LogP contribution < -0.4 is 0 Å². The second kappa shape index (κ2) is 40.5. The summed E-state index contributed by atoms with van der Waals surface area (Å²) in [5.74, 6) is -0.209. The molecule has 0 radical (unpaired) electrons. The summed E-state index contributed by atoms with van der Waals surface area (Å²) >= 11 is 0. The van der Waals surface area contributed by atoms with Crippen molar-refractivity contribution in [3.63, 3.8) is 0 Å². The van der Waals surface area contributed by atoms with E-state index in [0.717, 1.165) is 44.9 Å². The first-order chi connectivity index (χ1) is 23.2. The number of ether oxygens (including phenoxy) is 2. The van der Waals surface area contributed by atoms with Crippen molar-refractivity contribution in [1.29, 1.82) is 0 Å². The minimum Gasteiger partial charge on any atom is -0.457 e. The molecule has 0 aromatic rings. The molecule has 0 saturated heterocycles. The van der Waals surface area contributed by atoms with E-state index < -0.39 is 6.10 Å². The molecule has 0 amide bonds. The van der Waals surface area contributed by atoms with Crippen LogP contribution in [0.3, 0.4) is 0 Å². The van der Waals surface area contributed by atoms with Crippen molar-refractivity contribution >= 4 is 5.97 Å². The largest absolute Gasteiger partial charge is 0.457 e. The fourth-order valence-electron chi connectivity index (χ4n) is 5.63. The van der Waals surface area contributed by atoms with E-state index in [4.69, 9.17) is 9.47 Å². The van der Waals surface area contributed by atoms with Gasteiger partial charge >= 0.3 is 5.97 Å². The lowest BCUT2D eigenvalue weighted by Crippen LogP contribution is -2.27. The maximum Gasteiger partial charge on any atom is 0.306 e. The summed E-state index contributed by atoms with van der Waals surface area (Å²) in [7, 11) is 0. The lowest BCUT2D eigenvalue weighted by molar-refractivity contribution is -0.154.